The molecule has 2 heterocycles. The number of carbonyl (C=O) groups is 3. The van der Waals surface area contributed by atoms with Crippen LogP contribution in [0.5, 0.6) is 17.2 Å². The molecule has 3 atom stereocenters. The van der Waals surface area contributed by atoms with Gasteiger partial charge in [-0.2, -0.15) is 0 Å². The van der Waals surface area contributed by atoms with Gasteiger partial charge in [0.15, 0.2) is 17.6 Å². The molecule has 0 bridgehead atoms. The van der Waals surface area contributed by atoms with E-state index in [1.165, 1.54) is 7.11 Å². The second kappa shape index (κ2) is 11.4. The largest absolute Gasteiger partial charge is 0.493 e. The van der Waals surface area contributed by atoms with E-state index in [4.69, 9.17) is 19.0 Å². The second-order valence-corrected chi connectivity index (χ2v) is 9.74. The average Bonchev–Trinajstić information content (AvgIpc) is 3.54. The molecule has 4 aromatic carbocycles. The number of hydroxylamine groups is 1. The number of hydrogen-bond donors (Lipinski definition) is 0. The van der Waals surface area contributed by atoms with Gasteiger partial charge in [-0.15, -0.1) is 0 Å². The Labute approximate surface area is 242 Å². The lowest BCUT2D eigenvalue weighted by Crippen LogP contribution is -2.37. The summed E-state index contributed by atoms with van der Waals surface area (Å²) in [5.74, 6) is -1.32. The Balaban J connectivity index is 1.38. The molecule has 212 valence electrons. The molecule has 0 unspecified atom stereocenters. The summed E-state index contributed by atoms with van der Waals surface area (Å²) in [5.41, 5.74) is 2.09. The lowest BCUT2D eigenvalue weighted by atomic mass is 9.90. The molecule has 2 aliphatic heterocycles. The molecule has 9 nitrogen and oxygen atoms in total. The summed E-state index contributed by atoms with van der Waals surface area (Å²) in [6.45, 7) is 2.21. The Kier molecular flexibility index (Phi) is 7.33. The Morgan fingerprint density at radius 1 is 0.810 bits per heavy atom. The summed E-state index contributed by atoms with van der Waals surface area (Å²) in [5, 5.41) is 1.60. The van der Waals surface area contributed by atoms with Crippen molar-refractivity contribution in [2.45, 2.75) is 19.1 Å². The van der Waals surface area contributed by atoms with Gasteiger partial charge in [-0.3, -0.25) is 14.4 Å². The molecule has 0 N–H and O–H groups in total. The maximum atomic E-state index is 14.1. The average molecular weight is 565 g/mol. The van der Waals surface area contributed by atoms with E-state index in [1.807, 2.05) is 43.3 Å². The van der Waals surface area contributed by atoms with Gasteiger partial charge in [-0.1, -0.05) is 54.6 Å². The molecule has 2 amide bonds. The van der Waals surface area contributed by atoms with Crippen molar-refractivity contribution in [3.8, 4) is 17.2 Å². The summed E-state index contributed by atoms with van der Waals surface area (Å²) >= 11 is 0. The summed E-state index contributed by atoms with van der Waals surface area (Å²) in [6.07, 6.45) is -1.06. The van der Waals surface area contributed by atoms with Crippen LogP contribution in [-0.4, -0.2) is 37.6 Å². The van der Waals surface area contributed by atoms with E-state index in [9.17, 15) is 14.4 Å². The normalized spacial score (nSPS) is 19.5. The van der Waals surface area contributed by atoms with Gasteiger partial charge in [-0.05, 0) is 61.0 Å². The third kappa shape index (κ3) is 4.73. The molecular formula is C33H28N2O7. The van der Waals surface area contributed by atoms with Crippen LogP contribution in [0.4, 0.5) is 11.4 Å². The van der Waals surface area contributed by atoms with Crippen molar-refractivity contribution in [2.24, 2.45) is 5.92 Å². The monoisotopic (exact) mass is 564 g/mol. The maximum Gasteiger partial charge on any atom is 0.343 e. The molecule has 6 rings (SSSR count). The number of benzene rings is 4. The molecule has 2 fully saturated rings. The molecule has 4 aromatic rings. The molecule has 0 spiro atoms. The molecule has 0 saturated carbocycles. The Hall–Kier alpha value is -5.15. The topological polar surface area (TPSA) is 94.6 Å². The van der Waals surface area contributed by atoms with Crippen LogP contribution in [0.1, 0.15) is 28.9 Å². The van der Waals surface area contributed by atoms with Crippen molar-refractivity contribution in [1.82, 2.24) is 0 Å². The third-order valence-corrected chi connectivity index (χ3v) is 7.27. The minimum absolute atomic E-state index is 0.220. The number of imide groups is 1. The number of carbonyl (C=O) groups excluding carboxylic acids is 3. The van der Waals surface area contributed by atoms with Crippen LogP contribution < -0.4 is 24.2 Å². The SMILES string of the molecule is CCOc1ccccc1N1C(=O)[C@H]2[C@@H](ON(c3ccccc3)[C@H]2c2ccc(OC(=O)c3ccccc3)c(OC)c2)C1=O. The minimum atomic E-state index is -1.06. The van der Waals surface area contributed by atoms with Gasteiger partial charge in [0.1, 0.15) is 11.7 Å². The Bertz CT molecular complexity index is 1630. The molecule has 0 radical (unpaired) electrons. The van der Waals surface area contributed by atoms with Crippen molar-refractivity contribution in [1.29, 1.82) is 0 Å². The highest BCUT2D eigenvalue weighted by Gasteiger charge is 2.60. The lowest BCUT2D eigenvalue weighted by Gasteiger charge is -2.29. The first kappa shape index (κ1) is 27.0. The van der Waals surface area contributed by atoms with E-state index in [0.717, 1.165) is 4.90 Å². The standard InChI is InChI=1S/C33H28N2O7/c1-3-40-25-17-11-10-16-24(25)34-31(36)28-29(35(42-30(28)32(34)37)23-14-8-5-9-15-23)22-18-19-26(27(20-22)39-2)41-33(38)21-12-6-4-7-13-21/h4-20,28-30H,3H2,1-2H3/t28-,29+,30-/m1/s1. The number of rotatable bonds is 8. The zero-order valence-corrected chi connectivity index (χ0v) is 23.0. The van der Waals surface area contributed by atoms with Crippen molar-refractivity contribution in [3.05, 3.63) is 114 Å². The van der Waals surface area contributed by atoms with Gasteiger partial charge in [0, 0.05) is 0 Å². The van der Waals surface area contributed by atoms with Crippen molar-refractivity contribution in [3.63, 3.8) is 0 Å². The van der Waals surface area contributed by atoms with E-state index in [-0.39, 0.29) is 5.75 Å². The lowest BCUT2D eigenvalue weighted by molar-refractivity contribution is -0.126. The van der Waals surface area contributed by atoms with Crippen LogP contribution >= 0.6 is 0 Å². The molecule has 2 saturated heterocycles. The molecule has 0 aromatic heterocycles. The van der Waals surface area contributed by atoms with Crippen LogP contribution in [0.15, 0.2) is 103 Å². The molecule has 9 heteroatoms. The fourth-order valence-electron chi connectivity index (χ4n) is 5.39. The molecule has 42 heavy (non-hydrogen) atoms. The summed E-state index contributed by atoms with van der Waals surface area (Å²) in [7, 11) is 1.47. The number of hydrogen-bond acceptors (Lipinski definition) is 8. The van der Waals surface area contributed by atoms with Crippen molar-refractivity contribution < 1.29 is 33.4 Å². The molecule has 0 aliphatic carbocycles. The number of esters is 1. The van der Waals surface area contributed by atoms with E-state index in [1.54, 1.807) is 71.8 Å². The highest BCUT2D eigenvalue weighted by atomic mass is 16.7. The zero-order chi connectivity index (χ0) is 29.2. The zero-order valence-electron chi connectivity index (χ0n) is 23.0. The number of methoxy groups -OCH3 is 1. The van der Waals surface area contributed by atoms with E-state index in [0.29, 0.717) is 40.6 Å². The number of fused-ring (bicyclic) bond motifs is 1. The number of nitrogens with zero attached hydrogens (tertiary/aromatic N) is 2. The quantitative estimate of drug-likeness (QED) is 0.160. The maximum absolute atomic E-state index is 14.1. The first-order valence-corrected chi connectivity index (χ1v) is 13.6. The van der Waals surface area contributed by atoms with E-state index < -0.39 is 35.8 Å². The summed E-state index contributed by atoms with van der Waals surface area (Å²) in [6, 6.07) is 29.2. The van der Waals surface area contributed by atoms with E-state index in [2.05, 4.69) is 0 Å². The highest BCUT2D eigenvalue weighted by molar-refractivity contribution is 6.24. The minimum Gasteiger partial charge on any atom is -0.493 e. The van der Waals surface area contributed by atoms with Gasteiger partial charge in [-0.25, -0.2) is 14.8 Å². The van der Waals surface area contributed by atoms with Crippen molar-refractivity contribution in [2.75, 3.05) is 23.7 Å². The van der Waals surface area contributed by atoms with Gasteiger partial charge < -0.3 is 14.2 Å². The first-order chi connectivity index (χ1) is 20.5. The van der Waals surface area contributed by atoms with Crippen LogP contribution in [0, 0.1) is 5.92 Å². The fraction of sp³-hybridized carbons (Fsp3) is 0.182. The van der Waals surface area contributed by atoms with Gasteiger partial charge in [0.05, 0.1) is 36.7 Å². The Morgan fingerprint density at radius 2 is 1.50 bits per heavy atom. The number of ether oxygens (including phenoxy) is 3. The summed E-state index contributed by atoms with van der Waals surface area (Å²) < 4.78 is 17.0. The highest BCUT2D eigenvalue weighted by Crippen LogP contribution is 2.49. The fourth-order valence-corrected chi connectivity index (χ4v) is 5.39. The predicted molar refractivity (Wildman–Crippen MR) is 155 cm³/mol. The summed E-state index contributed by atoms with van der Waals surface area (Å²) in [4.78, 5) is 48.0. The molecular weight excluding hydrogens is 536 g/mol. The van der Waals surface area contributed by atoms with Crippen LogP contribution in [-0.2, 0) is 14.4 Å². The van der Waals surface area contributed by atoms with Gasteiger partial charge in [0.2, 0.25) is 5.91 Å². The first-order valence-electron chi connectivity index (χ1n) is 13.6. The predicted octanol–water partition coefficient (Wildman–Crippen LogP) is 5.36. The smallest absolute Gasteiger partial charge is 0.343 e. The van der Waals surface area contributed by atoms with Gasteiger partial charge >= 0.3 is 5.97 Å². The third-order valence-electron chi connectivity index (χ3n) is 7.27. The van der Waals surface area contributed by atoms with Crippen LogP contribution in [0.2, 0.25) is 0 Å². The number of anilines is 2. The van der Waals surface area contributed by atoms with Gasteiger partial charge in [0.25, 0.3) is 5.91 Å². The number of amides is 2. The van der Waals surface area contributed by atoms with Crippen LogP contribution in [0.25, 0.3) is 0 Å². The Morgan fingerprint density at radius 3 is 2.21 bits per heavy atom. The number of para-hydroxylation sites is 3. The second-order valence-electron chi connectivity index (χ2n) is 9.74. The van der Waals surface area contributed by atoms with Crippen molar-refractivity contribution >= 4 is 29.2 Å². The van der Waals surface area contributed by atoms with Crippen LogP contribution in [0.3, 0.4) is 0 Å². The van der Waals surface area contributed by atoms with E-state index >= 15 is 0 Å². The molecule has 2 aliphatic rings.